The monoisotopic (exact) mass is 449 g/mol. The number of nitrogens with one attached hydrogen (secondary N) is 1. The Morgan fingerprint density at radius 1 is 1.13 bits per heavy atom. The molecule has 0 spiro atoms. The minimum Gasteiger partial charge on any atom is -0.379 e. The summed E-state index contributed by atoms with van der Waals surface area (Å²) in [5.74, 6) is -0.757. The molecule has 1 heterocycles. The number of rotatable bonds is 8. The Labute approximate surface area is 182 Å². The van der Waals surface area contributed by atoms with Gasteiger partial charge in [0.25, 0.3) is 0 Å². The van der Waals surface area contributed by atoms with E-state index in [1.54, 1.807) is 24.3 Å². The van der Waals surface area contributed by atoms with E-state index in [9.17, 15) is 17.6 Å². The lowest BCUT2D eigenvalue weighted by molar-refractivity contribution is -0.115. The van der Waals surface area contributed by atoms with E-state index < -0.39 is 15.8 Å². The fourth-order valence-electron chi connectivity index (χ4n) is 3.58. The van der Waals surface area contributed by atoms with Crippen LogP contribution in [0.4, 0.5) is 15.8 Å². The standard InChI is InChI=1S/C22H28FN3O4S/c1-3-25(4-2)21-9-8-19(31(28,29)26-10-12-30-13-11-26)16-20(21)24-22(27)15-17-6-5-7-18(23)14-17/h5-9,14,16H,3-4,10-13,15H2,1-2H3,(H,24,27). The molecule has 0 aromatic heterocycles. The van der Waals surface area contributed by atoms with Crippen LogP contribution in [0.15, 0.2) is 47.4 Å². The van der Waals surface area contributed by atoms with E-state index in [1.807, 2.05) is 18.7 Å². The van der Waals surface area contributed by atoms with Crippen LogP contribution in [0, 0.1) is 5.82 Å². The van der Waals surface area contributed by atoms with Crippen LogP contribution in [0.2, 0.25) is 0 Å². The van der Waals surface area contributed by atoms with Gasteiger partial charge < -0.3 is 15.0 Å². The molecule has 0 atom stereocenters. The van der Waals surface area contributed by atoms with Crippen LogP contribution >= 0.6 is 0 Å². The normalized spacial score (nSPS) is 14.9. The summed E-state index contributed by atoms with van der Waals surface area (Å²) in [4.78, 5) is 14.8. The van der Waals surface area contributed by atoms with E-state index in [-0.39, 0.29) is 17.2 Å². The topological polar surface area (TPSA) is 79.0 Å². The van der Waals surface area contributed by atoms with Crippen molar-refractivity contribution in [2.45, 2.75) is 25.2 Å². The summed E-state index contributed by atoms with van der Waals surface area (Å²) in [5.41, 5.74) is 1.69. The van der Waals surface area contributed by atoms with Crippen molar-refractivity contribution in [3.05, 3.63) is 53.8 Å². The first-order valence-electron chi connectivity index (χ1n) is 10.4. The van der Waals surface area contributed by atoms with Crippen molar-refractivity contribution in [2.75, 3.05) is 49.6 Å². The Hall–Kier alpha value is -2.49. The Morgan fingerprint density at radius 3 is 2.48 bits per heavy atom. The molecule has 7 nitrogen and oxygen atoms in total. The first-order valence-corrected chi connectivity index (χ1v) is 11.8. The SMILES string of the molecule is CCN(CC)c1ccc(S(=O)(=O)N2CCOCC2)cc1NC(=O)Cc1cccc(F)c1. The van der Waals surface area contributed by atoms with Gasteiger partial charge in [0.15, 0.2) is 0 Å². The number of carbonyl (C=O) groups excluding carboxylic acids is 1. The van der Waals surface area contributed by atoms with Gasteiger partial charge in [0.2, 0.25) is 15.9 Å². The molecule has 1 amide bonds. The van der Waals surface area contributed by atoms with E-state index in [0.29, 0.717) is 50.6 Å². The molecule has 0 aliphatic carbocycles. The minimum atomic E-state index is -3.71. The molecule has 31 heavy (non-hydrogen) atoms. The van der Waals surface area contributed by atoms with Crippen molar-refractivity contribution in [3.8, 4) is 0 Å². The molecule has 9 heteroatoms. The summed E-state index contributed by atoms with van der Waals surface area (Å²) >= 11 is 0. The second kappa shape index (κ2) is 10.2. The first kappa shape index (κ1) is 23.2. The van der Waals surface area contributed by atoms with Crippen molar-refractivity contribution >= 4 is 27.3 Å². The van der Waals surface area contributed by atoms with Gasteiger partial charge in [-0.2, -0.15) is 4.31 Å². The zero-order valence-electron chi connectivity index (χ0n) is 17.8. The molecule has 1 aliphatic rings. The number of halogens is 1. The maximum Gasteiger partial charge on any atom is 0.243 e. The van der Waals surface area contributed by atoms with Crippen molar-refractivity contribution in [1.29, 1.82) is 0 Å². The fraction of sp³-hybridized carbons (Fsp3) is 0.409. The quantitative estimate of drug-likeness (QED) is 0.671. The summed E-state index contributed by atoms with van der Waals surface area (Å²) in [6.45, 7) is 6.66. The number of hydrogen-bond acceptors (Lipinski definition) is 5. The van der Waals surface area contributed by atoms with Crippen LogP contribution in [-0.4, -0.2) is 58.0 Å². The van der Waals surface area contributed by atoms with Gasteiger partial charge in [0.05, 0.1) is 35.9 Å². The third-order valence-electron chi connectivity index (χ3n) is 5.21. The number of carbonyl (C=O) groups is 1. The second-order valence-corrected chi connectivity index (χ2v) is 9.16. The number of morpholine rings is 1. The average Bonchev–Trinajstić information content (AvgIpc) is 2.76. The van der Waals surface area contributed by atoms with Crippen molar-refractivity contribution in [2.24, 2.45) is 0 Å². The van der Waals surface area contributed by atoms with Gasteiger partial charge in [-0.15, -0.1) is 0 Å². The molecule has 3 rings (SSSR count). The van der Waals surface area contributed by atoms with Crippen LogP contribution in [0.3, 0.4) is 0 Å². The second-order valence-electron chi connectivity index (χ2n) is 7.22. The third-order valence-corrected chi connectivity index (χ3v) is 7.10. The molecule has 0 radical (unpaired) electrons. The highest BCUT2D eigenvalue weighted by molar-refractivity contribution is 7.89. The predicted molar refractivity (Wildman–Crippen MR) is 118 cm³/mol. The van der Waals surface area contributed by atoms with E-state index in [2.05, 4.69) is 5.32 Å². The van der Waals surface area contributed by atoms with Crippen LogP contribution in [0.25, 0.3) is 0 Å². The van der Waals surface area contributed by atoms with Gasteiger partial charge in [-0.25, -0.2) is 12.8 Å². The summed E-state index contributed by atoms with van der Waals surface area (Å²) in [5, 5.41) is 2.83. The zero-order chi connectivity index (χ0) is 22.4. The number of nitrogens with zero attached hydrogens (tertiary/aromatic N) is 2. The van der Waals surface area contributed by atoms with E-state index in [4.69, 9.17) is 4.74 Å². The van der Waals surface area contributed by atoms with Crippen molar-refractivity contribution < 1.29 is 22.3 Å². The maximum absolute atomic E-state index is 13.4. The van der Waals surface area contributed by atoms with E-state index >= 15 is 0 Å². The molecular formula is C22H28FN3O4S. The lowest BCUT2D eigenvalue weighted by atomic mass is 10.1. The maximum atomic E-state index is 13.4. The first-order chi connectivity index (χ1) is 14.8. The van der Waals surface area contributed by atoms with Gasteiger partial charge in [-0.1, -0.05) is 12.1 Å². The number of anilines is 2. The van der Waals surface area contributed by atoms with Gasteiger partial charge in [-0.05, 0) is 49.7 Å². The Kier molecular flexibility index (Phi) is 7.64. The predicted octanol–water partition coefficient (Wildman–Crippen LogP) is 2.87. The lowest BCUT2D eigenvalue weighted by Crippen LogP contribution is -2.40. The van der Waals surface area contributed by atoms with Gasteiger partial charge >= 0.3 is 0 Å². The van der Waals surface area contributed by atoms with E-state index in [1.165, 1.54) is 22.5 Å². The van der Waals surface area contributed by atoms with Crippen LogP contribution in [0.5, 0.6) is 0 Å². The van der Waals surface area contributed by atoms with Crippen LogP contribution in [0.1, 0.15) is 19.4 Å². The number of ether oxygens (including phenoxy) is 1. The molecular weight excluding hydrogens is 421 g/mol. The molecule has 2 aromatic carbocycles. The number of amides is 1. The highest BCUT2D eigenvalue weighted by atomic mass is 32.2. The highest BCUT2D eigenvalue weighted by Gasteiger charge is 2.27. The summed E-state index contributed by atoms with van der Waals surface area (Å²) in [7, 11) is -3.71. The number of sulfonamides is 1. The number of hydrogen-bond donors (Lipinski definition) is 1. The highest BCUT2D eigenvalue weighted by Crippen LogP contribution is 2.30. The molecule has 168 valence electrons. The molecule has 1 aliphatic heterocycles. The molecule has 1 fully saturated rings. The average molecular weight is 450 g/mol. The van der Waals surface area contributed by atoms with Crippen molar-refractivity contribution in [1.82, 2.24) is 4.31 Å². The minimum absolute atomic E-state index is 0.0180. The molecule has 1 saturated heterocycles. The van der Waals surface area contributed by atoms with Gasteiger partial charge in [0, 0.05) is 26.2 Å². The fourth-order valence-corrected chi connectivity index (χ4v) is 5.01. The third kappa shape index (κ3) is 5.61. The molecule has 2 aromatic rings. The summed E-state index contributed by atoms with van der Waals surface area (Å²) in [6, 6.07) is 10.6. The van der Waals surface area contributed by atoms with Crippen molar-refractivity contribution in [3.63, 3.8) is 0 Å². The Morgan fingerprint density at radius 2 is 1.84 bits per heavy atom. The molecule has 0 unspecified atom stereocenters. The summed E-state index contributed by atoms with van der Waals surface area (Å²) in [6.07, 6.45) is -0.0180. The number of benzene rings is 2. The summed E-state index contributed by atoms with van der Waals surface area (Å²) < 4.78 is 46.2. The molecule has 0 bridgehead atoms. The van der Waals surface area contributed by atoms with Crippen LogP contribution in [-0.2, 0) is 26.0 Å². The lowest BCUT2D eigenvalue weighted by Gasteiger charge is -2.28. The largest absolute Gasteiger partial charge is 0.379 e. The Bertz CT molecular complexity index is 1020. The zero-order valence-corrected chi connectivity index (χ0v) is 18.6. The Balaban J connectivity index is 1.91. The molecule has 0 saturated carbocycles. The van der Waals surface area contributed by atoms with Gasteiger partial charge in [-0.3, -0.25) is 4.79 Å². The van der Waals surface area contributed by atoms with Crippen LogP contribution < -0.4 is 10.2 Å². The smallest absolute Gasteiger partial charge is 0.243 e. The van der Waals surface area contributed by atoms with Gasteiger partial charge in [0.1, 0.15) is 5.82 Å². The molecule has 1 N–H and O–H groups in total. The van der Waals surface area contributed by atoms with E-state index in [0.717, 1.165) is 5.69 Å².